The standard InChI is InChI=1S/C11H16N2O3S2/c12-18(15,16)7-5-13-11(14)9-2-1-3-10-8(9)4-6-17-10/h4,6,9H,1-3,5,7H2,(H,13,14)(H2,12,15,16). The van der Waals surface area contributed by atoms with Crippen molar-refractivity contribution in [3.05, 3.63) is 21.9 Å². The third kappa shape index (κ3) is 3.30. The Morgan fingerprint density at radius 2 is 2.33 bits per heavy atom. The van der Waals surface area contributed by atoms with Gasteiger partial charge < -0.3 is 5.32 Å². The average Bonchev–Trinajstić information content (AvgIpc) is 2.74. The lowest BCUT2D eigenvalue weighted by molar-refractivity contribution is -0.122. The topological polar surface area (TPSA) is 89.3 Å². The molecule has 0 fully saturated rings. The number of amides is 1. The van der Waals surface area contributed by atoms with Gasteiger partial charge in [0.15, 0.2) is 0 Å². The van der Waals surface area contributed by atoms with Gasteiger partial charge in [0.05, 0.1) is 11.7 Å². The normalized spacial score (nSPS) is 19.3. The Kier molecular flexibility index (Phi) is 4.04. The molecule has 2 rings (SSSR count). The fourth-order valence-corrected chi connectivity index (χ4v) is 3.57. The Labute approximate surface area is 110 Å². The summed E-state index contributed by atoms with van der Waals surface area (Å²) in [4.78, 5) is 13.3. The molecule has 0 saturated heterocycles. The van der Waals surface area contributed by atoms with E-state index in [0.29, 0.717) is 0 Å². The Hall–Kier alpha value is -0.920. The van der Waals surface area contributed by atoms with E-state index in [1.54, 1.807) is 11.3 Å². The van der Waals surface area contributed by atoms with Crippen molar-refractivity contribution in [2.24, 2.45) is 5.14 Å². The zero-order valence-corrected chi connectivity index (χ0v) is 11.5. The summed E-state index contributed by atoms with van der Waals surface area (Å²) < 4.78 is 21.5. The van der Waals surface area contributed by atoms with E-state index in [-0.39, 0.29) is 24.1 Å². The van der Waals surface area contributed by atoms with Gasteiger partial charge in [-0.15, -0.1) is 11.3 Å². The molecule has 1 aromatic heterocycles. The number of fused-ring (bicyclic) bond motifs is 1. The first-order valence-corrected chi connectivity index (χ1v) is 8.41. The molecule has 1 atom stereocenters. The highest BCUT2D eigenvalue weighted by atomic mass is 32.2. The minimum absolute atomic E-state index is 0.0770. The third-order valence-electron chi connectivity index (χ3n) is 3.05. The molecule has 100 valence electrons. The van der Waals surface area contributed by atoms with Gasteiger partial charge in [0.2, 0.25) is 15.9 Å². The molecule has 1 heterocycles. The molecule has 0 aromatic carbocycles. The van der Waals surface area contributed by atoms with Crippen LogP contribution in [0.15, 0.2) is 11.4 Å². The highest BCUT2D eigenvalue weighted by molar-refractivity contribution is 7.89. The number of sulfonamides is 1. The molecule has 0 aliphatic heterocycles. The summed E-state index contributed by atoms with van der Waals surface area (Å²) in [5, 5.41) is 9.53. The number of nitrogens with two attached hydrogens (primary N) is 1. The number of carbonyl (C=O) groups excluding carboxylic acids is 1. The van der Waals surface area contributed by atoms with Crippen molar-refractivity contribution in [3.63, 3.8) is 0 Å². The maximum absolute atomic E-state index is 12.0. The number of thiophene rings is 1. The maximum atomic E-state index is 12.0. The summed E-state index contributed by atoms with van der Waals surface area (Å²) in [5.74, 6) is -0.458. The predicted molar refractivity (Wildman–Crippen MR) is 71.0 cm³/mol. The summed E-state index contributed by atoms with van der Waals surface area (Å²) in [6, 6.07) is 1.99. The van der Waals surface area contributed by atoms with E-state index in [9.17, 15) is 13.2 Å². The Balaban J connectivity index is 1.95. The molecular weight excluding hydrogens is 272 g/mol. The number of rotatable bonds is 4. The van der Waals surface area contributed by atoms with E-state index >= 15 is 0 Å². The van der Waals surface area contributed by atoms with Gasteiger partial charge in [-0.2, -0.15) is 0 Å². The first-order chi connectivity index (χ1) is 8.47. The summed E-state index contributed by atoms with van der Waals surface area (Å²) >= 11 is 1.68. The zero-order valence-electron chi connectivity index (χ0n) is 9.89. The fraction of sp³-hybridized carbons (Fsp3) is 0.545. The fourth-order valence-electron chi connectivity index (χ4n) is 2.20. The number of hydrogen-bond donors (Lipinski definition) is 2. The van der Waals surface area contributed by atoms with Crippen molar-refractivity contribution in [2.75, 3.05) is 12.3 Å². The van der Waals surface area contributed by atoms with Gasteiger partial charge in [-0.05, 0) is 36.3 Å². The van der Waals surface area contributed by atoms with Gasteiger partial charge in [-0.25, -0.2) is 13.6 Å². The first-order valence-electron chi connectivity index (χ1n) is 5.82. The van der Waals surface area contributed by atoms with Crippen LogP contribution in [0.25, 0.3) is 0 Å². The zero-order chi connectivity index (χ0) is 13.2. The van der Waals surface area contributed by atoms with Gasteiger partial charge >= 0.3 is 0 Å². The summed E-state index contributed by atoms with van der Waals surface area (Å²) in [6.07, 6.45) is 2.86. The van der Waals surface area contributed by atoms with Crippen LogP contribution < -0.4 is 10.5 Å². The van der Waals surface area contributed by atoms with Gasteiger partial charge in [-0.1, -0.05) is 0 Å². The molecule has 1 amide bonds. The van der Waals surface area contributed by atoms with Crippen LogP contribution in [-0.4, -0.2) is 26.6 Å². The van der Waals surface area contributed by atoms with Crippen LogP contribution in [0, 0.1) is 0 Å². The van der Waals surface area contributed by atoms with Crippen molar-refractivity contribution in [1.29, 1.82) is 0 Å². The van der Waals surface area contributed by atoms with Crippen molar-refractivity contribution in [3.8, 4) is 0 Å². The Morgan fingerprint density at radius 3 is 3.06 bits per heavy atom. The number of primary sulfonamides is 1. The monoisotopic (exact) mass is 288 g/mol. The molecule has 0 spiro atoms. The lowest BCUT2D eigenvalue weighted by atomic mass is 9.87. The SMILES string of the molecule is NS(=O)(=O)CCNC(=O)C1CCCc2sccc21. The largest absolute Gasteiger partial charge is 0.354 e. The highest BCUT2D eigenvalue weighted by Crippen LogP contribution is 2.34. The molecule has 0 radical (unpaired) electrons. The van der Waals surface area contributed by atoms with E-state index in [2.05, 4.69) is 5.32 Å². The smallest absolute Gasteiger partial charge is 0.227 e. The van der Waals surface area contributed by atoms with Crippen LogP contribution >= 0.6 is 11.3 Å². The lowest BCUT2D eigenvalue weighted by Crippen LogP contribution is -2.35. The highest BCUT2D eigenvalue weighted by Gasteiger charge is 2.27. The quantitative estimate of drug-likeness (QED) is 0.849. The van der Waals surface area contributed by atoms with Gasteiger partial charge in [-0.3, -0.25) is 4.79 Å². The molecule has 1 aromatic rings. The molecule has 0 bridgehead atoms. The van der Waals surface area contributed by atoms with Crippen LogP contribution in [0.2, 0.25) is 0 Å². The molecule has 18 heavy (non-hydrogen) atoms. The van der Waals surface area contributed by atoms with Crippen LogP contribution in [0.1, 0.15) is 29.2 Å². The number of carbonyl (C=O) groups is 1. The van der Waals surface area contributed by atoms with Gasteiger partial charge in [0.1, 0.15) is 0 Å². The van der Waals surface area contributed by atoms with E-state index in [4.69, 9.17) is 5.14 Å². The van der Waals surface area contributed by atoms with E-state index < -0.39 is 10.0 Å². The van der Waals surface area contributed by atoms with Crippen molar-refractivity contribution < 1.29 is 13.2 Å². The predicted octanol–water partition coefficient (Wildman–Crippen LogP) is 0.573. The van der Waals surface area contributed by atoms with E-state index in [1.165, 1.54) is 4.88 Å². The molecule has 5 nitrogen and oxygen atoms in total. The number of hydrogen-bond acceptors (Lipinski definition) is 4. The number of nitrogens with one attached hydrogen (secondary N) is 1. The summed E-state index contributed by atoms with van der Waals surface area (Å²) in [6.45, 7) is 0.0770. The number of aryl methyl sites for hydroxylation is 1. The second-order valence-corrected chi connectivity index (χ2v) is 7.14. The minimum Gasteiger partial charge on any atom is -0.354 e. The first kappa shape index (κ1) is 13.5. The van der Waals surface area contributed by atoms with Gasteiger partial charge in [0.25, 0.3) is 0 Å². The molecule has 3 N–H and O–H groups in total. The van der Waals surface area contributed by atoms with Crippen molar-refractivity contribution >= 4 is 27.3 Å². The molecule has 0 saturated carbocycles. The van der Waals surface area contributed by atoms with E-state index in [0.717, 1.165) is 24.8 Å². The molecule has 1 aliphatic rings. The Bertz CT molecular complexity index is 536. The summed E-state index contributed by atoms with van der Waals surface area (Å²) in [5.41, 5.74) is 1.10. The average molecular weight is 288 g/mol. The van der Waals surface area contributed by atoms with Crippen molar-refractivity contribution in [2.45, 2.75) is 25.2 Å². The minimum atomic E-state index is -3.51. The van der Waals surface area contributed by atoms with Gasteiger partial charge in [0, 0.05) is 11.4 Å². The summed E-state index contributed by atoms with van der Waals surface area (Å²) in [7, 11) is -3.51. The van der Waals surface area contributed by atoms with Crippen molar-refractivity contribution in [1.82, 2.24) is 5.32 Å². The van der Waals surface area contributed by atoms with Crippen LogP contribution in [0.3, 0.4) is 0 Å². The molecular formula is C11H16N2O3S2. The third-order valence-corrected chi connectivity index (χ3v) is 4.82. The second-order valence-electron chi connectivity index (χ2n) is 4.40. The molecule has 7 heteroatoms. The van der Waals surface area contributed by atoms with Crippen LogP contribution in [0.4, 0.5) is 0 Å². The molecule has 1 unspecified atom stereocenters. The molecule has 1 aliphatic carbocycles. The van der Waals surface area contributed by atoms with E-state index in [1.807, 2.05) is 11.4 Å². The van der Waals surface area contributed by atoms with Crippen LogP contribution in [-0.2, 0) is 21.2 Å². The van der Waals surface area contributed by atoms with Crippen LogP contribution in [0.5, 0.6) is 0 Å². The second kappa shape index (κ2) is 5.38. The Morgan fingerprint density at radius 1 is 1.56 bits per heavy atom. The lowest BCUT2D eigenvalue weighted by Gasteiger charge is -2.21. The maximum Gasteiger partial charge on any atom is 0.227 e.